The number of hydrogen-bond acceptors (Lipinski definition) is 10. The predicted octanol–water partition coefficient (Wildman–Crippen LogP) is 8.40. The molecule has 7 atom stereocenters. The van der Waals surface area contributed by atoms with Crippen LogP contribution in [0.1, 0.15) is 67.9 Å². The van der Waals surface area contributed by atoms with Crippen LogP contribution in [0.5, 0.6) is 5.75 Å². The molecule has 0 bridgehead atoms. The zero-order valence-electron chi connectivity index (χ0n) is 35.1. The number of carbonyl (C=O) groups excluding carboxylic acids is 1. The molecule has 0 spiro atoms. The standard InChI is InChI=1S/C40H72O10Si2/c1-17-32(26-46-28-44-23-22-42-11)35(48-30(3)41)34(27-47-51(13,14)38(4,5)6)37(50-52(15,16)39(7,8)9)40(10)36(49-40)29(2)24-45-25-31-18-20-33(43-12)21-19-31/h17-21,29,32,34-37H,1,22-28H2,2-16H3/t29-,32-,34-,35+,36+,37-,40-/m0/s1. The summed E-state index contributed by atoms with van der Waals surface area (Å²) in [4.78, 5) is 12.9. The fraction of sp³-hybridized carbons (Fsp3) is 0.775. The summed E-state index contributed by atoms with van der Waals surface area (Å²) in [5.74, 6) is -0.303. The van der Waals surface area contributed by atoms with E-state index in [0.29, 0.717) is 33.0 Å². The maximum absolute atomic E-state index is 12.9. The molecule has 0 N–H and O–H groups in total. The number of hydrogen-bond donors (Lipinski definition) is 0. The summed E-state index contributed by atoms with van der Waals surface area (Å²) in [6.07, 6.45) is 0.502. The molecule has 1 saturated heterocycles. The van der Waals surface area contributed by atoms with Crippen molar-refractivity contribution in [3.8, 4) is 5.75 Å². The minimum absolute atomic E-state index is 0.0387. The van der Waals surface area contributed by atoms with Gasteiger partial charge in [0.1, 0.15) is 24.2 Å². The Balaban J connectivity index is 2.54. The van der Waals surface area contributed by atoms with Crippen molar-refractivity contribution in [1.29, 1.82) is 0 Å². The van der Waals surface area contributed by atoms with E-state index >= 15 is 0 Å². The van der Waals surface area contributed by atoms with E-state index in [1.165, 1.54) is 6.92 Å². The number of carbonyl (C=O) groups is 1. The van der Waals surface area contributed by atoms with Crippen molar-refractivity contribution in [2.24, 2.45) is 17.8 Å². The van der Waals surface area contributed by atoms with Crippen molar-refractivity contribution >= 4 is 22.6 Å². The Bertz CT molecular complexity index is 1230. The molecule has 300 valence electrons. The van der Waals surface area contributed by atoms with E-state index in [-0.39, 0.29) is 41.4 Å². The predicted molar refractivity (Wildman–Crippen MR) is 212 cm³/mol. The Kier molecular flexibility index (Phi) is 17.7. The van der Waals surface area contributed by atoms with Crippen molar-refractivity contribution in [1.82, 2.24) is 0 Å². The van der Waals surface area contributed by atoms with Crippen molar-refractivity contribution in [3.63, 3.8) is 0 Å². The Labute approximate surface area is 317 Å². The highest BCUT2D eigenvalue weighted by molar-refractivity contribution is 6.74. The SMILES string of the molecule is C=C[C@@H](COCOCCOC)[C@@H](OC(C)=O)[C@H](CO[Si](C)(C)C(C)(C)C)[C@H](O[Si](C)(C)C(C)(C)C)[C@@]1(C)O[C@@H]1[C@@H](C)COCc1ccc(OC)cc1. The van der Waals surface area contributed by atoms with Crippen LogP contribution in [0.25, 0.3) is 0 Å². The third-order valence-corrected chi connectivity index (χ3v) is 20.2. The molecule has 1 aliphatic heterocycles. The van der Waals surface area contributed by atoms with Gasteiger partial charge < -0.3 is 42.0 Å². The highest BCUT2D eigenvalue weighted by Crippen LogP contribution is 2.52. The van der Waals surface area contributed by atoms with Gasteiger partial charge in [0.2, 0.25) is 0 Å². The summed E-state index contributed by atoms with van der Waals surface area (Å²) in [5, 5.41) is -0.135. The number of methoxy groups -OCH3 is 2. The van der Waals surface area contributed by atoms with Crippen LogP contribution in [0, 0.1) is 17.8 Å². The van der Waals surface area contributed by atoms with Gasteiger partial charge >= 0.3 is 5.97 Å². The molecule has 0 aliphatic carbocycles. The molecule has 1 heterocycles. The van der Waals surface area contributed by atoms with Crippen LogP contribution in [-0.4, -0.2) is 101 Å². The Morgan fingerprint density at radius 3 is 2.06 bits per heavy atom. The first-order chi connectivity index (χ1) is 24.0. The average Bonchev–Trinajstić information content (AvgIpc) is 3.75. The minimum atomic E-state index is -2.42. The molecule has 1 aliphatic rings. The molecular formula is C40H72O10Si2. The molecule has 0 radical (unpaired) electrons. The summed E-state index contributed by atoms with van der Waals surface area (Å²) in [6, 6.07) is 7.90. The molecule has 12 heteroatoms. The second-order valence-electron chi connectivity index (χ2n) is 17.5. The van der Waals surface area contributed by atoms with E-state index in [1.54, 1.807) is 20.3 Å². The van der Waals surface area contributed by atoms with Crippen LogP contribution >= 0.6 is 0 Å². The quantitative estimate of drug-likeness (QED) is 0.0254. The Morgan fingerprint density at radius 2 is 1.54 bits per heavy atom. The van der Waals surface area contributed by atoms with Crippen LogP contribution < -0.4 is 4.74 Å². The van der Waals surface area contributed by atoms with E-state index in [4.69, 9.17) is 42.0 Å². The van der Waals surface area contributed by atoms with Gasteiger partial charge in [0, 0.05) is 38.4 Å². The molecule has 0 amide bonds. The molecule has 0 saturated carbocycles. The third-order valence-electron chi connectivity index (χ3n) is 11.2. The van der Waals surface area contributed by atoms with E-state index < -0.39 is 46.3 Å². The van der Waals surface area contributed by atoms with E-state index in [1.807, 2.05) is 24.3 Å². The largest absolute Gasteiger partial charge is 0.497 e. The van der Waals surface area contributed by atoms with Crippen molar-refractivity contribution in [2.45, 2.75) is 129 Å². The van der Waals surface area contributed by atoms with Crippen molar-refractivity contribution < 1.29 is 46.8 Å². The first-order valence-corrected chi connectivity index (χ1v) is 24.5. The van der Waals surface area contributed by atoms with E-state index in [9.17, 15) is 4.79 Å². The highest BCUT2D eigenvalue weighted by atomic mass is 28.4. The maximum atomic E-state index is 12.9. The lowest BCUT2D eigenvalue weighted by Crippen LogP contribution is -2.57. The van der Waals surface area contributed by atoms with E-state index in [2.05, 4.69) is 88.2 Å². The number of ether oxygens (including phenoxy) is 7. The van der Waals surface area contributed by atoms with Crippen LogP contribution in [0.2, 0.25) is 36.3 Å². The van der Waals surface area contributed by atoms with Gasteiger partial charge in [-0.05, 0) is 60.9 Å². The molecule has 0 aromatic heterocycles. The number of benzene rings is 1. The fourth-order valence-electron chi connectivity index (χ4n) is 5.75. The molecule has 10 nitrogen and oxygen atoms in total. The van der Waals surface area contributed by atoms with Gasteiger partial charge in [-0.1, -0.05) is 66.7 Å². The number of epoxide rings is 1. The Morgan fingerprint density at radius 1 is 0.923 bits per heavy atom. The maximum Gasteiger partial charge on any atom is 0.302 e. The van der Waals surface area contributed by atoms with Crippen LogP contribution in [-0.2, 0) is 48.7 Å². The normalized spacial score (nSPS) is 21.2. The molecule has 52 heavy (non-hydrogen) atoms. The number of esters is 1. The topological polar surface area (TPSA) is 103 Å². The lowest BCUT2D eigenvalue weighted by molar-refractivity contribution is -0.161. The van der Waals surface area contributed by atoms with Crippen molar-refractivity contribution in [2.75, 3.05) is 54.0 Å². The lowest BCUT2D eigenvalue weighted by atomic mass is 9.80. The third kappa shape index (κ3) is 13.3. The molecule has 1 fully saturated rings. The van der Waals surface area contributed by atoms with Gasteiger partial charge in [0.25, 0.3) is 0 Å². The highest BCUT2D eigenvalue weighted by Gasteiger charge is 2.65. The summed E-state index contributed by atoms with van der Waals surface area (Å²) < 4.78 is 55.6. The monoisotopic (exact) mass is 768 g/mol. The Hall–Kier alpha value is -1.62. The van der Waals surface area contributed by atoms with Gasteiger partial charge in [-0.3, -0.25) is 4.79 Å². The average molecular weight is 769 g/mol. The second kappa shape index (κ2) is 19.8. The molecule has 2 rings (SSSR count). The smallest absolute Gasteiger partial charge is 0.302 e. The first kappa shape index (κ1) is 46.5. The molecular weight excluding hydrogens is 697 g/mol. The van der Waals surface area contributed by atoms with Gasteiger partial charge in [-0.15, -0.1) is 6.58 Å². The minimum Gasteiger partial charge on any atom is -0.497 e. The van der Waals surface area contributed by atoms with Gasteiger partial charge in [-0.25, -0.2) is 0 Å². The summed E-state index contributed by atoms with van der Waals surface area (Å²) in [6.45, 7) is 34.7. The summed E-state index contributed by atoms with van der Waals surface area (Å²) in [5.41, 5.74) is 0.370. The second-order valence-corrected chi connectivity index (χ2v) is 27.0. The molecule has 0 unspecified atom stereocenters. The van der Waals surface area contributed by atoms with Gasteiger partial charge in [0.05, 0.1) is 52.4 Å². The first-order valence-electron chi connectivity index (χ1n) is 18.7. The summed E-state index contributed by atoms with van der Waals surface area (Å²) in [7, 11) is -1.40. The van der Waals surface area contributed by atoms with Crippen molar-refractivity contribution in [3.05, 3.63) is 42.5 Å². The van der Waals surface area contributed by atoms with Gasteiger partial charge in [-0.2, -0.15) is 0 Å². The van der Waals surface area contributed by atoms with Crippen LogP contribution in [0.3, 0.4) is 0 Å². The van der Waals surface area contributed by atoms with Gasteiger partial charge in [0.15, 0.2) is 16.6 Å². The van der Waals surface area contributed by atoms with Crippen LogP contribution in [0.15, 0.2) is 36.9 Å². The zero-order chi connectivity index (χ0) is 39.5. The summed E-state index contributed by atoms with van der Waals surface area (Å²) >= 11 is 0. The van der Waals surface area contributed by atoms with E-state index in [0.717, 1.165) is 11.3 Å². The fourth-order valence-corrected chi connectivity index (χ4v) is 8.19. The number of rotatable bonds is 24. The lowest BCUT2D eigenvalue weighted by Gasteiger charge is -2.46. The zero-order valence-corrected chi connectivity index (χ0v) is 37.1. The molecule has 1 aromatic carbocycles. The van der Waals surface area contributed by atoms with Crippen LogP contribution in [0.4, 0.5) is 0 Å². The molecule has 1 aromatic rings.